The Labute approximate surface area is 193 Å². The van der Waals surface area contributed by atoms with E-state index in [4.69, 9.17) is 4.84 Å². The number of hydrogen-bond acceptors (Lipinski definition) is 7. The molecule has 0 spiro atoms. The molecule has 1 aliphatic heterocycles. The molecule has 33 heavy (non-hydrogen) atoms. The van der Waals surface area contributed by atoms with Gasteiger partial charge in [-0.2, -0.15) is 5.10 Å². The van der Waals surface area contributed by atoms with Crippen molar-refractivity contribution in [2.24, 2.45) is 18.1 Å². The molecule has 4 N–H and O–H groups in total. The first kappa shape index (κ1) is 24.5. The fourth-order valence-electron chi connectivity index (χ4n) is 3.75. The molecule has 2 atom stereocenters. The molecule has 0 saturated heterocycles. The number of nitrogens with one attached hydrogen (secondary N) is 2. The lowest BCUT2D eigenvalue weighted by Gasteiger charge is -2.29. The molecular formula is C22H30BN5O5. The van der Waals surface area contributed by atoms with Crippen LogP contribution in [0.5, 0.6) is 0 Å². The van der Waals surface area contributed by atoms with Gasteiger partial charge in [0.15, 0.2) is 0 Å². The van der Waals surface area contributed by atoms with Gasteiger partial charge in [0.25, 0.3) is 11.8 Å². The van der Waals surface area contributed by atoms with Crippen LogP contribution in [0.2, 0.25) is 0 Å². The minimum absolute atomic E-state index is 0.107. The topological polar surface area (TPSA) is 138 Å². The lowest BCUT2D eigenvalue weighted by molar-refractivity contribution is -0.144. The molecule has 2 unspecified atom stereocenters. The fourth-order valence-corrected chi connectivity index (χ4v) is 3.75. The molecule has 11 heteroatoms. The summed E-state index contributed by atoms with van der Waals surface area (Å²) in [5, 5.41) is 33.1. The Morgan fingerprint density at radius 1 is 1.27 bits per heavy atom. The highest BCUT2D eigenvalue weighted by atomic mass is 16.7. The molecular weight excluding hydrogens is 425 g/mol. The predicted octanol–water partition coefficient (Wildman–Crippen LogP) is 0.451. The summed E-state index contributed by atoms with van der Waals surface area (Å²) in [7, 11) is 0.0173. The highest BCUT2D eigenvalue weighted by molar-refractivity contribution is 6.43. The van der Waals surface area contributed by atoms with E-state index in [0.717, 1.165) is 5.56 Å². The Morgan fingerprint density at radius 2 is 2.00 bits per heavy atom. The van der Waals surface area contributed by atoms with Crippen LogP contribution in [0, 0.1) is 5.92 Å². The van der Waals surface area contributed by atoms with Crippen LogP contribution in [0.1, 0.15) is 42.6 Å². The van der Waals surface area contributed by atoms with Gasteiger partial charge in [0, 0.05) is 26.1 Å². The minimum Gasteiger partial charge on any atom is -0.426 e. The highest BCUT2D eigenvalue weighted by Crippen LogP contribution is 2.29. The monoisotopic (exact) mass is 455 g/mol. The van der Waals surface area contributed by atoms with E-state index >= 15 is 0 Å². The third kappa shape index (κ3) is 6.42. The molecule has 2 amide bonds. The second-order valence-electron chi connectivity index (χ2n) is 8.79. The Bertz CT molecular complexity index is 994. The maximum Gasteiger partial charge on any atom is 0.475 e. The lowest BCUT2D eigenvalue weighted by atomic mass is 9.74. The zero-order chi connectivity index (χ0) is 24.0. The standard InChI is InChI=1S/C22H30BN5O5/c1-15(2)9-19(23(31)32)26-21(30)22(10-16-7-5-4-6-8-16)11-18(27-33-22)13-24-20(29)17-12-25-28(3)14-17/h4-8,12,14-15,19,31-32H,9-11,13H2,1-3H3,(H,24,29)(H,26,30). The minimum atomic E-state index is -1.70. The second kappa shape index (κ2) is 10.6. The maximum absolute atomic E-state index is 13.3. The van der Waals surface area contributed by atoms with Crippen molar-refractivity contribution in [3.8, 4) is 0 Å². The number of aromatic nitrogens is 2. The molecule has 10 nitrogen and oxygen atoms in total. The van der Waals surface area contributed by atoms with E-state index in [-0.39, 0.29) is 31.2 Å². The van der Waals surface area contributed by atoms with Crippen molar-refractivity contribution in [1.82, 2.24) is 20.4 Å². The average Bonchev–Trinajstić information content (AvgIpc) is 3.39. The van der Waals surface area contributed by atoms with Gasteiger partial charge in [0.2, 0.25) is 5.60 Å². The summed E-state index contributed by atoms with van der Waals surface area (Å²) in [5.74, 6) is -1.50. The summed E-state index contributed by atoms with van der Waals surface area (Å²) >= 11 is 0. The van der Waals surface area contributed by atoms with Crippen molar-refractivity contribution in [3.63, 3.8) is 0 Å². The quantitative estimate of drug-likeness (QED) is 0.384. The molecule has 1 aromatic carbocycles. The van der Waals surface area contributed by atoms with Gasteiger partial charge in [0.1, 0.15) is 0 Å². The molecule has 0 aliphatic carbocycles. The van der Waals surface area contributed by atoms with Crippen LogP contribution in [0.15, 0.2) is 47.9 Å². The molecule has 1 aromatic heterocycles. The van der Waals surface area contributed by atoms with Crippen molar-refractivity contribution in [3.05, 3.63) is 53.9 Å². The SMILES string of the molecule is CC(C)CC(NC(=O)C1(Cc2ccccc2)CC(CNC(=O)c2cnn(C)c2)=NO1)B(O)O. The number of rotatable bonds is 10. The molecule has 3 rings (SSSR count). The van der Waals surface area contributed by atoms with Crippen LogP contribution in [-0.4, -0.2) is 62.6 Å². The van der Waals surface area contributed by atoms with Gasteiger partial charge in [-0.3, -0.25) is 14.3 Å². The predicted molar refractivity (Wildman–Crippen MR) is 123 cm³/mol. The molecule has 0 radical (unpaired) electrons. The van der Waals surface area contributed by atoms with E-state index in [0.29, 0.717) is 17.7 Å². The summed E-state index contributed by atoms with van der Waals surface area (Å²) in [5.41, 5.74) is 0.426. The Morgan fingerprint density at radius 3 is 2.61 bits per heavy atom. The van der Waals surface area contributed by atoms with Gasteiger partial charge in [-0.05, 0) is 17.9 Å². The molecule has 0 bridgehead atoms. The summed E-state index contributed by atoms with van der Waals surface area (Å²) in [6.45, 7) is 3.97. The average molecular weight is 455 g/mol. The molecule has 2 aromatic rings. The lowest BCUT2D eigenvalue weighted by Crippen LogP contribution is -2.56. The third-order valence-electron chi connectivity index (χ3n) is 5.41. The van der Waals surface area contributed by atoms with Crippen LogP contribution < -0.4 is 10.6 Å². The van der Waals surface area contributed by atoms with Crippen molar-refractivity contribution in [2.75, 3.05) is 6.54 Å². The van der Waals surface area contributed by atoms with E-state index in [1.807, 2.05) is 44.2 Å². The molecule has 0 saturated carbocycles. The van der Waals surface area contributed by atoms with E-state index in [2.05, 4.69) is 20.9 Å². The van der Waals surface area contributed by atoms with Crippen LogP contribution in [0.4, 0.5) is 0 Å². The Hall–Kier alpha value is -3.18. The van der Waals surface area contributed by atoms with E-state index in [1.165, 1.54) is 10.9 Å². The van der Waals surface area contributed by atoms with Crippen LogP contribution in [0.25, 0.3) is 0 Å². The number of carbonyl (C=O) groups is 2. The number of amides is 2. The maximum atomic E-state index is 13.3. The van der Waals surface area contributed by atoms with Crippen LogP contribution >= 0.6 is 0 Å². The smallest absolute Gasteiger partial charge is 0.426 e. The van der Waals surface area contributed by atoms with Crippen LogP contribution in [0.3, 0.4) is 0 Å². The number of hydrogen-bond donors (Lipinski definition) is 4. The van der Waals surface area contributed by atoms with Gasteiger partial charge in [0.05, 0.1) is 30.0 Å². The molecule has 176 valence electrons. The first-order chi connectivity index (χ1) is 15.7. The van der Waals surface area contributed by atoms with E-state index in [9.17, 15) is 19.6 Å². The first-order valence-electron chi connectivity index (χ1n) is 10.9. The second-order valence-corrected chi connectivity index (χ2v) is 8.79. The summed E-state index contributed by atoms with van der Waals surface area (Å²) in [6, 6.07) is 9.37. The number of nitrogens with zero attached hydrogens (tertiary/aromatic N) is 3. The first-order valence-corrected chi connectivity index (χ1v) is 10.9. The number of benzene rings is 1. The summed E-state index contributed by atoms with van der Waals surface area (Å²) in [4.78, 5) is 31.4. The van der Waals surface area contributed by atoms with Crippen molar-refractivity contribution >= 4 is 24.6 Å². The van der Waals surface area contributed by atoms with Gasteiger partial charge in [-0.1, -0.05) is 49.3 Å². The largest absolute Gasteiger partial charge is 0.475 e. The normalized spacial score (nSPS) is 18.4. The van der Waals surface area contributed by atoms with E-state index in [1.54, 1.807) is 13.2 Å². The number of carbonyl (C=O) groups excluding carboxylic acids is 2. The zero-order valence-corrected chi connectivity index (χ0v) is 19.1. The van der Waals surface area contributed by atoms with Gasteiger partial charge < -0.3 is 25.5 Å². The number of aryl methyl sites for hydroxylation is 1. The fraction of sp³-hybridized carbons (Fsp3) is 0.455. The van der Waals surface area contributed by atoms with Gasteiger partial charge in [-0.25, -0.2) is 0 Å². The zero-order valence-electron chi connectivity index (χ0n) is 19.1. The molecule has 2 heterocycles. The van der Waals surface area contributed by atoms with Crippen LogP contribution in [-0.2, 0) is 23.1 Å². The van der Waals surface area contributed by atoms with Gasteiger partial charge >= 0.3 is 7.12 Å². The summed E-state index contributed by atoms with van der Waals surface area (Å²) < 4.78 is 1.53. The molecule has 1 aliphatic rings. The van der Waals surface area contributed by atoms with Gasteiger partial charge in [-0.15, -0.1) is 0 Å². The third-order valence-corrected chi connectivity index (χ3v) is 5.41. The molecule has 0 fully saturated rings. The Kier molecular flexibility index (Phi) is 7.88. The highest BCUT2D eigenvalue weighted by Gasteiger charge is 2.48. The van der Waals surface area contributed by atoms with E-state index < -0.39 is 24.6 Å². The Balaban J connectivity index is 1.72. The number of oxime groups is 1. The van der Waals surface area contributed by atoms with Crippen molar-refractivity contribution < 1.29 is 24.5 Å². The summed E-state index contributed by atoms with van der Waals surface area (Å²) in [6.07, 6.45) is 3.84. The van der Waals surface area contributed by atoms with Crippen molar-refractivity contribution in [1.29, 1.82) is 0 Å². The van der Waals surface area contributed by atoms with Crippen molar-refractivity contribution in [2.45, 2.75) is 44.7 Å².